The van der Waals surface area contributed by atoms with Gasteiger partial charge in [0.25, 0.3) is 5.91 Å². The molecule has 0 bridgehead atoms. The van der Waals surface area contributed by atoms with E-state index < -0.39 is 23.8 Å². The Bertz CT molecular complexity index is 721. The van der Waals surface area contributed by atoms with Gasteiger partial charge in [0.1, 0.15) is 5.82 Å². The lowest BCUT2D eigenvalue weighted by molar-refractivity contribution is -0.130. The number of carbonyl (C=O) groups is 2. The normalized spacial score (nSPS) is 11.6. The van der Waals surface area contributed by atoms with Gasteiger partial charge in [-0.25, -0.2) is 9.18 Å². The number of esters is 1. The summed E-state index contributed by atoms with van der Waals surface area (Å²) in [5.41, 5.74) is 0.959. The molecule has 126 valence electrons. The van der Waals surface area contributed by atoms with E-state index in [1.807, 2.05) is 30.3 Å². The third kappa shape index (κ3) is 4.80. The molecule has 0 aliphatic carbocycles. The monoisotopic (exact) mass is 349 g/mol. The lowest BCUT2D eigenvalue weighted by Crippen LogP contribution is -2.37. The lowest BCUT2D eigenvalue weighted by Gasteiger charge is -2.16. The highest BCUT2D eigenvalue weighted by Gasteiger charge is 2.23. The number of carbonyl (C=O) groups excluding carboxylic acids is 2. The second-order valence-corrected chi connectivity index (χ2v) is 5.54. The Balaban J connectivity index is 1.97. The van der Waals surface area contributed by atoms with Gasteiger partial charge in [-0.1, -0.05) is 48.9 Å². The van der Waals surface area contributed by atoms with Crippen LogP contribution in [0.2, 0.25) is 5.02 Å². The molecule has 0 saturated carbocycles. The molecule has 1 atom stereocenters. The van der Waals surface area contributed by atoms with Crippen LogP contribution in [0.3, 0.4) is 0 Å². The standard InChI is InChI=1S/C18H17ClFNO3/c1-2-16(17(22)21-11-12-6-4-3-5-7-12)24-18(23)14-9-8-13(20)10-15(14)19/h3-10,16H,2,11H2,1H3,(H,21,22). The van der Waals surface area contributed by atoms with Crippen molar-refractivity contribution in [2.24, 2.45) is 0 Å². The molecule has 0 fully saturated rings. The number of nitrogens with one attached hydrogen (secondary N) is 1. The number of ether oxygens (including phenoxy) is 1. The van der Waals surface area contributed by atoms with Crippen LogP contribution in [0.25, 0.3) is 0 Å². The van der Waals surface area contributed by atoms with Gasteiger partial charge < -0.3 is 10.1 Å². The maximum absolute atomic E-state index is 13.0. The molecular weight excluding hydrogens is 333 g/mol. The van der Waals surface area contributed by atoms with Gasteiger partial charge in [-0.2, -0.15) is 0 Å². The van der Waals surface area contributed by atoms with Crippen molar-refractivity contribution in [1.29, 1.82) is 0 Å². The van der Waals surface area contributed by atoms with Gasteiger partial charge in [-0.15, -0.1) is 0 Å². The Morgan fingerprint density at radius 2 is 1.92 bits per heavy atom. The second-order valence-electron chi connectivity index (χ2n) is 5.13. The molecule has 1 unspecified atom stereocenters. The first-order valence-electron chi connectivity index (χ1n) is 7.49. The molecule has 0 saturated heterocycles. The van der Waals surface area contributed by atoms with Crippen LogP contribution in [0.15, 0.2) is 48.5 Å². The predicted molar refractivity (Wildman–Crippen MR) is 89.2 cm³/mol. The zero-order valence-electron chi connectivity index (χ0n) is 13.1. The van der Waals surface area contributed by atoms with Gasteiger partial charge in [0.15, 0.2) is 6.10 Å². The molecule has 4 nitrogen and oxygen atoms in total. The topological polar surface area (TPSA) is 55.4 Å². The lowest BCUT2D eigenvalue weighted by atomic mass is 10.2. The molecule has 0 heterocycles. The predicted octanol–water partition coefficient (Wildman–Crippen LogP) is 3.73. The van der Waals surface area contributed by atoms with Crippen LogP contribution in [-0.4, -0.2) is 18.0 Å². The SMILES string of the molecule is CCC(OC(=O)c1ccc(F)cc1Cl)C(=O)NCc1ccccc1. The van der Waals surface area contributed by atoms with Crippen molar-refractivity contribution in [3.8, 4) is 0 Å². The van der Waals surface area contributed by atoms with Crippen LogP contribution in [0.5, 0.6) is 0 Å². The van der Waals surface area contributed by atoms with Crippen LogP contribution < -0.4 is 5.32 Å². The summed E-state index contributed by atoms with van der Waals surface area (Å²) in [5, 5.41) is 2.67. The van der Waals surface area contributed by atoms with Gasteiger partial charge in [-0.05, 0) is 30.2 Å². The van der Waals surface area contributed by atoms with E-state index >= 15 is 0 Å². The first-order chi connectivity index (χ1) is 11.5. The number of halogens is 2. The minimum absolute atomic E-state index is 0.0207. The Morgan fingerprint density at radius 3 is 2.54 bits per heavy atom. The zero-order valence-corrected chi connectivity index (χ0v) is 13.8. The molecule has 24 heavy (non-hydrogen) atoms. The quantitative estimate of drug-likeness (QED) is 0.808. The number of rotatable bonds is 6. The smallest absolute Gasteiger partial charge is 0.340 e. The van der Waals surface area contributed by atoms with Crippen molar-refractivity contribution in [2.75, 3.05) is 0 Å². The molecule has 2 rings (SSSR count). The average Bonchev–Trinajstić information content (AvgIpc) is 2.58. The van der Waals surface area contributed by atoms with E-state index in [-0.39, 0.29) is 10.6 Å². The summed E-state index contributed by atoms with van der Waals surface area (Å²) in [6.45, 7) is 2.07. The third-order valence-corrected chi connectivity index (χ3v) is 3.69. The Kier molecular flexibility index (Phi) is 6.32. The molecule has 0 aromatic heterocycles. The number of amides is 1. The van der Waals surface area contributed by atoms with Crippen molar-refractivity contribution in [2.45, 2.75) is 26.0 Å². The van der Waals surface area contributed by atoms with Crippen LogP contribution in [0.1, 0.15) is 29.3 Å². The van der Waals surface area contributed by atoms with Crippen LogP contribution >= 0.6 is 11.6 Å². The van der Waals surface area contributed by atoms with E-state index in [1.54, 1.807) is 6.92 Å². The summed E-state index contributed by atoms with van der Waals surface area (Å²) in [5.74, 6) is -1.71. The molecule has 0 aliphatic heterocycles. The molecule has 1 N–H and O–H groups in total. The van der Waals surface area contributed by atoms with Gasteiger partial charge in [0.2, 0.25) is 0 Å². The van der Waals surface area contributed by atoms with Crippen LogP contribution in [0, 0.1) is 5.82 Å². The zero-order chi connectivity index (χ0) is 17.5. The van der Waals surface area contributed by atoms with Crippen LogP contribution in [-0.2, 0) is 16.1 Å². The van der Waals surface area contributed by atoms with E-state index in [2.05, 4.69) is 5.32 Å². The van der Waals surface area contributed by atoms with Gasteiger partial charge in [-0.3, -0.25) is 4.79 Å². The van der Waals surface area contributed by atoms with Gasteiger partial charge in [0, 0.05) is 6.54 Å². The Morgan fingerprint density at radius 1 is 1.21 bits per heavy atom. The summed E-state index contributed by atoms with van der Waals surface area (Å²) < 4.78 is 18.2. The van der Waals surface area contributed by atoms with E-state index in [9.17, 15) is 14.0 Å². The van der Waals surface area contributed by atoms with Crippen molar-refractivity contribution in [3.63, 3.8) is 0 Å². The minimum atomic E-state index is -0.942. The molecule has 6 heteroatoms. The van der Waals surface area contributed by atoms with E-state index in [0.717, 1.165) is 17.7 Å². The Hall–Kier alpha value is -2.40. The molecule has 0 aliphatic rings. The van der Waals surface area contributed by atoms with Crippen molar-refractivity contribution >= 4 is 23.5 Å². The maximum Gasteiger partial charge on any atom is 0.340 e. The largest absolute Gasteiger partial charge is 0.449 e. The highest BCUT2D eigenvalue weighted by molar-refractivity contribution is 6.33. The summed E-state index contributed by atoms with van der Waals surface area (Å²) in [7, 11) is 0. The summed E-state index contributed by atoms with van der Waals surface area (Å²) >= 11 is 5.83. The maximum atomic E-state index is 13.0. The molecule has 0 spiro atoms. The van der Waals surface area contributed by atoms with E-state index in [1.165, 1.54) is 6.07 Å². The first-order valence-corrected chi connectivity index (χ1v) is 7.86. The summed E-state index contributed by atoms with van der Waals surface area (Å²) in [6.07, 6.45) is -0.632. The minimum Gasteiger partial charge on any atom is -0.449 e. The third-order valence-electron chi connectivity index (χ3n) is 3.37. The molecular formula is C18H17ClFNO3. The highest BCUT2D eigenvalue weighted by atomic mass is 35.5. The van der Waals surface area contributed by atoms with Crippen molar-refractivity contribution in [3.05, 3.63) is 70.5 Å². The fourth-order valence-corrected chi connectivity index (χ4v) is 2.31. The molecule has 2 aromatic carbocycles. The summed E-state index contributed by atoms with van der Waals surface area (Å²) in [6, 6.07) is 12.7. The fourth-order valence-electron chi connectivity index (χ4n) is 2.07. The summed E-state index contributed by atoms with van der Waals surface area (Å²) in [4.78, 5) is 24.3. The van der Waals surface area contributed by atoms with E-state index in [4.69, 9.17) is 16.3 Å². The van der Waals surface area contributed by atoms with Crippen LogP contribution in [0.4, 0.5) is 4.39 Å². The number of hydrogen-bond acceptors (Lipinski definition) is 3. The number of hydrogen-bond donors (Lipinski definition) is 1. The number of benzene rings is 2. The highest BCUT2D eigenvalue weighted by Crippen LogP contribution is 2.19. The fraction of sp³-hybridized carbons (Fsp3) is 0.222. The van der Waals surface area contributed by atoms with Gasteiger partial charge in [0.05, 0.1) is 10.6 Å². The molecule has 0 radical (unpaired) electrons. The van der Waals surface area contributed by atoms with E-state index in [0.29, 0.717) is 13.0 Å². The Labute approximate surface area is 144 Å². The molecule has 1 amide bonds. The molecule has 2 aromatic rings. The van der Waals surface area contributed by atoms with Gasteiger partial charge >= 0.3 is 5.97 Å². The first kappa shape index (κ1) is 17.9. The van der Waals surface area contributed by atoms with Crippen molar-refractivity contribution < 1.29 is 18.7 Å². The average molecular weight is 350 g/mol. The second kappa shape index (κ2) is 8.45. The van der Waals surface area contributed by atoms with Crippen molar-refractivity contribution in [1.82, 2.24) is 5.32 Å².